The quantitative estimate of drug-likeness (QED) is 0.707. The van der Waals surface area contributed by atoms with E-state index in [1.54, 1.807) is 18.3 Å². The lowest BCUT2D eigenvalue weighted by Gasteiger charge is -1.97. The summed E-state index contributed by atoms with van der Waals surface area (Å²) < 4.78 is 0. The molecule has 0 fully saturated rings. The molecule has 0 aliphatic carbocycles. The van der Waals surface area contributed by atoms with Crippen molar-refractivity contribution in [2.45, 2.75) is 0 Å². The van der Waals surface area contributed by atoms with Crippen LogP contribution in [0.4, 0.5) is 0 Å². The van der Waals surface area contributed by atoms with Gasteiger partial charge >= 0.3 is 0 Å². The maximum atomic E-state index is 5.92. The molecule has 3 rings (SSSR count). The molecule has 0 spiro atoms. The molecule has 0 unspecified atom stereocenters. The van der Waals surface area contributed by atoms with Crippen molar-refractivity contribution in [2.75, 3.05) is 0 Å². The summed E-state index contributed by atoms with van der Waals surface area (Å²) in [5, 5.41) is 12.8. The molecule has 0 bridgehead atoms. The second kappa shape index (κ2) is 4.54. The Labute approximate surface area is 108 Å². The van der Waals surface area contributed by atoms with Gasteiger partial charge in [0.25, 0.3) is 0 Å². The normalized spacial score (nSPS) is 10.5. The van der Waals surface area contributed by atoms with Crippen molar-refractivity contribution >= 4 is 11.6 Å². The van der Waals surface area contributed by atoms with Crippen LogP contribution in [-0.4, -0.2) is 25.2 Å². The Balaban J connectivity index is 2.00. The minimum atomic E-state index is 0.482. The minimum Gasteiger partial charge on any atom is -0.253 e. The first-order valence-corrected chi connectivity index (χ1v) is 5.68. The van der Waals surface area contributed by atoms with E-state index in [4.69, 9.17) is 11.6 Å². The molecule has 0 saturated carbocycles. The van der Waals surface area contributed by atoms with E-state index in [0.29, 0.717) is 16.5 Å². The van der Waals surface area contributed by atoms with E-state index < -0.39 is 0 Å². The van der Waals surface area contributed by atoms with Gasteiger partial charge in [-0.2, -0.15) is 0 Å². The number of nitrogens with zero attached hydrogens (tertiary/aromatic N) is 5. The van der Waals surface area contributed by atoms with Crippen LogP contribution in [-0.2, 0) is 0 Å². The van der Waals surface area contributed by atoms with Crippen molar-refractivity contribution in [2.24, 2.45) is 0 Å². The van der Waals surface area contributed by atoms with E-state index >= 15 is 0 Å². The van der Waals surface area contributed by atoms with Gasteiger partial charge in [-0.1, -0.05) is 23.7 Å². The van der Waals surface area contributed by atoms with Gasteiger partial charge in [0, 0.05) is 11.2 Å². The predicted molar refractivity (Wildman–Crippen MR) is 67.4 cm³/mol. The first kappa shape index (κ1) is 10.9. The molecule has 0 saturated heterocycles. The smallest absolute Gasteiger partial charge is 0.223 e. The number of tetrazole rings is 1. The number of hydrogen-bond acceptors (Lipinski definition) is 4. The number of aromatic nitrogens is 5. The summed E-state index contributed by atoms with van der Waals surface area (Å²) in [6.07, 6.45) is 1.69. The summed E-state index contributed by atoms with van der Waals surface area (Å²) in [5.41, 5.74) is 1.45. The van der Waals surface area contributed by atoms with Gasteiger partial charge < -0.3 is 0 Å². The van der Waals surface area contributed by atoms with Crippen molar-refractivity contribution in [1.82, 2.24) is 25.2 Å². The van der Waals surface area contributed by atoms with Crippen LogP contribution >= 0.6 is 11.6 Å². The fourth-order valence-corrected chi connectivity index (χ4v) is 1.71. The molecule has 0 atom stereocenters. The lowest BCUT2D eigenvalue weighted by atomic mass is 10.3. The van der Waals surface area contributed by atoms with Crippen LogP contribution < -0.4 is 0 Å². The standard InChI is InChI=1S/C12H8ClN5/c13-9-4-3-5-10(8-9)18-16-12(15-17-18)11-6-1-2-7-14-11/h1-8H. The highest BCUT2D eigenvalue weighted by Gasteiger charge is 2.07. The molecule has 0 aliphatic rings. The molecule has 18 heavy (non-hydrogen) atoms. The molecule has 2 heterocycles. The van der Waals surface area contributed by atoms with Crippen molar-refractivity contribution in [1.29, 1.82) is 0 Å². The Kier molecular flexibility index (Phi) is 2.74. The first-order valence-electron chi connectivity index (χ1n) is 5.30. The molecule has 6 heteroatoms. The van der Waals surface area contributed by atoms with Crippen molar-refractivity contribution in [3.8, 4) is 17.2 Å². The van der Waals surface area contributed by atoms with Gasteiger partial charge in [-0.3, -0.25) is 4.98 Å². The maximum absolute atomic E-state index is 5.92. The third-order valence-corrected chi connectivity index (χ3v) is 2.58. The van der Waals surface area contributed by atoms with E-state index in [9.17, 15) is 0 Å². The molecule has 0 radical (unpaired) electrons. The highest BCUT2D eigenvalue weighted by atomic mass is 35.5. The zero-order valence-corrected chi connectivity index (χ0v) is 9.99. The van der Waals surface area contributed by atoms with Gasteiger partial charge in [0.1, 0.15) is 5.69 Å². The monoisotopic (exact) mass is 257 g/mol. The highest BCUT2D eigenvalue weighted by Crippen LogP contribution is 2.14. The predicted octanol–water partition coefficient (Wildman–Crippen LogP) is 2.38. The number of benzene rings is 1. The largest absolute Gasteiger partial charge is 0.253 e. The van der Waals surface area contributed by atoms with Crippen molar-refractivity contribution in [3.63, 3.8) is 0 Å². The van der Waals surface area contributed by atoms with Gasteiger partial charge in [-0.05, 0) is 35.5 Å². The van der Waals surface area contributed by atoms with E-state index in [1.165, 1.54) is 4.80 Å². The van der Waals surface area contributed by atoms with Gasteiger partial charge in [-0.15, -0.1) is 15.0 Å². The number of rotatable bonds is 2. The van der Waals surface area contributed by atoms with E-state index in [-0.39, 0.29) is 0 Å². The molecule has 5 nitrogen and oxygen atoms in total. The lowest BCUT2D eigenvalue weighted by Crippen LogP contribution is -1.98. The second-order valence-corrected chi connectivity index (χ2v) is 4.03. The van der Waals surface area contributed by atoms with Crippen LogP contribution in [0, 0.1) is 0 Å². The average molecular weight is 258 g/mol. The summed E-state index contributed by atoms with van der Waals surface area (Å²) in [4.78, 5) is 5.60. The molecule has 0 amide bonds. The van der Waals surface area contributed by atoms with Crippen molar-refractivity contribution in [3.05, 3.63) is 53.7 Å². The molecular weight excluding hydrogens is 250 g/mol. The van der Waals surface area contributed by atoms with Gasteiger partial charge in [0.05, 0.1) is 5.69 Å². The average Bonchev–Trinajstić information content (AvgIpc) is 2.89. The Morgan fingerprint density at radius 1 is 1.06 bits per heavy atom. The first-order chi connectivity index (χ1) is 8.83. The summed E-state index contributed by atoms with van der Waals surface area (Å²) in [6.45, 7) is 0. The summed E-state index contributed by atoms with van der Waals surface area (Å²) >= 11 is 5.92. The van der Waals surface area contributed by atoms with E-state index in [2.05, 4.69) is 20.4 Å². The zero-order valence-electron chi connectivity index (χ0n) is 9.23. The topological polar surface area (TPSA) is 56.5 Å². The molecule has 3 aromatic rings. The molecule has 88 valence electrons. The third-order valence-electron chi connectivity index (χ3n) is 2.35. The van der Waals surface area contributed by atoms with Crippen LogP contribution in [0.15, 0.2) is 48.7 Å². The number of pyridine rings is 1. The SMILES string of the molecule is Clc1cccc(-n2nnc(-c3ccccn3)n2)c1. The van der Waals surface area contributed by atoms with Crippen LogP contribution in [0.1, 0.15) is 0 Å². The summed E-state index contributed by atoms with van der Waals surface area (Å²) in [7, 11) is 0. The summed E-state index contributed by atoms with van der Waals surface area (Å²) in [5.74, 6) is 0.482. The Bertz CT molecular complexity index is 665. The highest BCUT2D eigenvalue weighted by molar-refractivity contribution is 6.30. The number of halogens is 1. The number of hydrogen-bond donors (Lipinski definition) is 0. The fraction of sp³-hybridized carbons (Fsp3) is 0. The molecular formula is C12H8ClN5. The second-order valence-electron chi connectivity index (χ2n) is 3.60. The van der Waals surface area contributed by atoms with Crippen molar-refractivity contribution < 1.29 is 0 Å². The van der Waals surface area contributed by atoms with Crippen LogP contribution in [0.3, 0.4) is 0 Å². The summed E-state index contributed by atoms with van der Waals surface area (Å²) in [6, 6.07) is 12.8. The molecule has 0 N–H and O–H groups in total. The Morgan fingerprint density at radius 3 is 2.78 bits per heavy atom. The van der Waals surface area contributed by atoms with Gasteiger partial charge in [0.2, 0.25) is 5.82 Å². The zero-order chi connectivity index (χ0) is 12.4. The Hall–Kier alpha value is -2.27. The lowest BCUT2D eigenvalue weighted by molar-refractivity contribution is 0.720. The van der Waals surface area contributed by atoms with Gasteiger partial charge in [0.15, 0.2) is 0 Å². The molecule has 1 aromatic carbocycles. The third kappa shape index (κ3) is 2.08. The minimum absolute atomic E-state index is 0.482. The van der Waals surface area contributed by atoms with Crippen LogP contribution in [0.25, 0.3) is 17.2 Å². The fourth-order valence-electron chi connectivity index (χ4n) is 1.52. The maximum Gasteiger partial charge on any atom is 0.223 e. The molecule has 0 aliphatic heterocycles. The van der Waals surface area contributed by atoms with Crippen LogP contribution in [0.5, 0.6) is 0 Å². The van der Waals surface area contributed by atoms with E-state index in [1.807, 2.05) is 30.3 Å². The molecule has 2 aromatic heterocycles. The Morgan fingerprint density at radius 2 is 2.00 bits per heavy atom. The van der Waals surface area contributed by atoms with Crippen LogP contribution in [0.2, 0.25) is 5.02 Å². The van der Waals surface area contributed by atoms with E-state index in [0.717, 1.165) is 5.69 Å². The van der Waals surface area contributed by atoms with Gasteiger partial charge in [-0.25, -0.2) is 0 Å².